The van der Waals surface area contributed by atoms with Gasteiger partial charge in [-0.2, -0.15) is 13.2 Å². The first-order valence-electron chi connectivity index (χ1n) is 13.0. The lowest BCUT2D eigenvalue weighted by Crippen LogP contribution is -2.34. The van der Waals surface area contributed by atoms with Crippen LogP contribution in [0.25, 0.3) is 10.9 Å². The maximum atomic E-state index is 13.9. The molecular weight excluding hydrogens is 605 g/mol. The number of nitrogens with zero attached hydrogens (tertiary/aromatic N) is 1. The molecule has 43 heavy (non-hydrogen) atoms. The van der Waals surface area contributed by atoms with Crippen molar-refractivity contribution in [2.75, 3.05) is 19.0 Å². The Kier molecular flexibility index (Phi) is 9.39. The van der Waals surface area contributed by atoms with Gasteiger partial charge in [0.1, 0.15) is 6.67 Å². The highest BCUT2D eigenvalue weighted by Crippen LogP contribution is 2.41. The number of aliphatic hydroxyl groups is 1. The van der Waals surface area contributed by atoms with Crippen molar-refractivity contribution < 1.29 is 35.9 Å². The minimum Gasteiger partial charge on any atom is -0.394 e. The van der Waals surface area contributed by atoms with Crippen LogP contribution in [-0.4, -0.2) is 58.7 Å². The summed E-state index contributed by atoms with van der Waals surface area (Å²) in [6.07, 6.45) is -4.83. The van der Waals surface area contributed by atoms with Crippen LogP contribution >= 0.6 is 11.6 Å². The monoisotopic (exact) mass is 630 g/mol. The van der Waals surface area contributed by atoms with E-state index in [0.29, 0.717) is 22.5 Å². The van der Waals surface area contributed by atoms with Crippen molar-refractivity contribution in [2.24, 2.45) is 0 Å². The normalized spacial score (nSPS) is 13.3. The summed E-state index contributed by atoms with van der Waals surface area (Å²) in [6.45, 7) is -0.120. The molecule has 1 amide bonds. The van der Waals surface area contributed by atoms with Crippen LogP contribution in [0.4, 0.5) is 17.6 Å². The minimum atomic E-state index is -4.83. The predicted octanol–water partition coefficient (Wildman–Crippen LogP) is 5.08. The SMILES string of the molecule is [B]C([B])(c1ccc(Cl)cc1C(F)(F)F)c1cc2cc(C(=O)N[C@@H](CO)c3ccc(S(=O)(=O)CC)cc3)ccc2n1CCF. The summed E-state index contributed by atoms with van der Waals surface area (Å²) in [5, 5.41) is 10.6. The second kappa shape index (κ2) is 12.4. The summed E-state index contributed by atoms with van der Waals surface area (Å²) in [5.74, 6) is -0.683. The maximum Gasteiger partial charge on any atom is 0.416 e. The van der Waals surface area contributed by atoms with Crippen molar-refractivity contribution in [1.82, 2.24) is 9.88 Å². The zero-order valence-corrected chi connectivity index (χ0v) is 24.4. The number of nitrogens with one attached hydrogen (secondary N) is 1. The third-order valence-electron chi connectivity index (χ3n) is 7.14. The van der Waals surface area contributed by atoms with Gasteiger partial charge in [0.05, 0.1) is 51.1 Å². The number of hydrogen-bond acceptors (Lipinski definition) is 4. The second-order valence-corrected chi connectivity index (χ2v) is 12.6. The largest absolute Gasteiger partial charge is 0.416 e. The summed E-state index contributed by atoms with van der Waals surface area (Å²) in [5.41, 5.74) is -0.685. The number of rotatable bonds is 10. The molecule has 3 aromatic carbocycles. The van der Waals surface area contributed by atoms with Crippen LogP contribution < -0.4 is 5.32 Å². The lowest BCUT2D eigenvalue weighted by Gasteiger charge is -2.31. The van der Waals surface area contributed by atoms with Crippen molar-refractivity contribution in [1.29, 1.82) is 0 Å². The van der Waals surface area contributed by atoms with Crippen molar-refractivity contribution in [3.05, 3.63) is 99.7 Å². The summed E-state index contributed by atoms with van der Waals surface area (Å²) < 4.78 is 80.8. The molecule has 0 saturated carbocycles. The van der Waals surface area contributed by atoms with Crippen molar-refractivity contribution in [3.8, 4) is 0 Å². The molecule has 0 spiro atoms. The number of aryl methyl sites for hydroxylation is 1. The van der Waals surface area contributed by atoms with Crippen LogP contribution in [-0.2, 0) is 27.8 Å². The number of aliphatic hydroxyl groups excluding tert-OH is 1. The van der Waals surface area contributed by atoms with E-state index in [-0.39, 0.29) is 33.5 Å². The van der Waals surface area contributed by atoms with Gasteiger partial charge in [0.25, 0.3) is 5.91 Å². The fourth-order valence-corrected chi connectivity index (χ4v) is 5.94. The number of halogens is 5. The Morgan fingerprint density at radius 2 is 1.70 bits per heavy atom. The molecule has 4 aromatic rings. The molecule has 1 aromatic heterocycles. The highest BCUT2D eigenvalue weighted by Gasteiger charge is 2.39. The Morgan fingerprint density at radius 3 is 2.28 bits per heavy atom. The molecule has 0 aliphatic rings. The Labute approximate surface area is 253 Å². The highest BCUT2D eigenvalue weighted by molar-refractivity contribution is 7.91. The summed E-state index contributed by atoms with van der Waals surface area (Å²) in [4.78, 5) is 13.3. The van der Waals surface area contributed by atoms with E-state index in [1.54, 1.807) is 0 Å². The number of carbonyl (C=O) groups excluding carboxylic acids is 1. The Morgan fingerprint density at radius 1 is 1.02 bits per heavy atom. The van der Waals surface area contributed by atoms with Crippen molar-refractivity contribution in [3.63, 3.8) is 0 Å². The number of carbonyl (C=O) groups is 1. The number of aromatic nitrogens is 1. The first-order chi connectivity index (χ1) is 20.1. The van der Waals surface area contributed by atoms with E-state index in [2.05, 4.69) is 5.32 Å². The molecule has 0 bridgehead atoms. The predicted molar refractivity (Wildman–Crippen MR) is 158 cm³/mol. The maximum absolute atomic E-state index is 13.9. The zero-order chi connectivity index (χ0) is 31.7. The lowest BCUT2D eigenvalue weighted by molar-refractivity contribution is -0.138. The van der Waals surface area contributed by atoms with Crippen LogP contribution in [0.3, 0.4) is 0 Å². The third-order valence-corrected chi connectivity index (χ3v) is 9.12. The lowest BCUT2D eigenvalue weighted by atomic mass is 9.48. The summed E-state index contributed by atoms with van der Waals surface area (Å²) in [6, 6.07) is 13.6. The number of sulfone groups is 1. The van der Waals surface area contributed by atoms with E-state index < -0.39 is 57.6 Å². The molecule has 0 fully saturated rings. The standard InChI is InChI=1S/C29H25B2ClF4N2O4S/c1-2-43(41,42)21-7-3-17(4-8-21)24(16-39)37-27(40)18-5-10-25-19(13-18)14-26(38(25)12-11-33)28(30,31)22-9-6-20(32)15-23(22)29(34,35)36/h3-10,13-15,24,39H,2,11-12,16H2,1H3,(H,37,40)/t24-/m0/s1. The van der Waals surface area contributed by atoms with Gasteiger partial charge in [0, 0.05) is 27.2 Å². The van der Waals surface area contributed by atoms with Crippen LogP contribution in [0, 0.1) is 0 Å². The van der Waals surface area contributed by atoms with E-state index in [0.717, 1.165) is 6.07 Å². The third kappa shape index (κ3) is 6.63. The molecule has 4 radical (unpaired) electrons. The molecule has 0 aliphatic carbocycles. The number of fused-ring (bicyclic) bond motifs is 1. The van der Waals surface area contributed by atoms with Crippen molar-refractivity contribution >= 4 is 53.9 Å². The van der Waals surface area contributed by atoms with E-state index in [1.165, 1.54) is 66.1 Å². The second-order valence-electron chi connectivity index (χ2n) is 9.88. The van der Waals surface area contributed by atoms with E-state index in [1.807, 2.05) is 0 Å². The van der Waals surface area contributed by atoms with E-state index in [9.17, 15) is 35.9 Å². The first-order valence-corrected chi connectivity index (χ1v) is 15.1. The molecule has 0 unspecified atom stereocenters. The van der Waals surface area contributed by atoms with Gasteiger partial charge in [0.15, 0.2) is 9.84 Å². The highest BCUT2D eigenvalue weighted by atomic mass is 35.5. The Hall–Kier alpha value is -3.28. The first kappa shape index (κ1) is 32.6. The molecule has 4 rings (SSSR count). The molecule has 0 saturated heterocycles. The van der Waals surface area contributed by atoms with Crippen LogP contribution in [0.1, 0.15) is 45.7 Å². The number of alkyl halides is 4. The molecule has 6 nitrogen and oxygen atoms in total. The fraction of sp³-hybridized carbons (Fsp3) is 0.276. The smallest absolute Gasteiger partial charge is 0.394 e. The molecular formula is C29H25B2ClF4N2O4S. The molecule has 1 atom stereocenters. The van der Waals surface area contributed by atoms with Gasteiger partial charge in [-0.15, -0.1) is 0 Å². The average Bonchev–Trinajstić information content (AvgIpc) is 3.34. The van der Waals surface area contributed by atoms with Crippen molar-refractivity contribution in [2.45, 2.75) is 35.8 Å². The van der Waals surface area contributed by atoms with Gasteiger partial charge < -0.3 is 15.0 Å². The minimum absolute atomic E-state index is 0.0270. The van der Waals surface area contributed by atoms with Gasteiger partial charge in [-0.3, -0.25) is 4.79 Å². The van der Waals surface area contributed by atoms with Crippen LogP contribution in [0.5, 0.6) is 0 Å². The topological polar surface area (TPSA) is 88.4 Å². The molecule has 1 heterocycles. The number of hydrogen-bond donors (Lipinski definition) is 2. The molecule has 222 valence electrons. The Bertz CT molecular complexity index is 1760. The van der Waals surface area contributed by atoms with Gasteiger partial charge in [0.2, 0.25) is 0 Å². The quantitative estimate of drug-likeness (QED) is 0.189. The molecule has 14 heteroatoms. The Balaban J connectivity index is 1.70. The van der Waals surface area contributed by atoms with Gasteiger partial charge in [-0.1, -0.05) is 36.7 Å². The van der Waals surface area contributed by atoms with Gasteiger partial charge in [-0.05, 0) is 64.9 Å². The average molecular weight is 631 g/mol. The number of amides is 1. The van der Waals surface area contributed by atoms with Gasteiger partial charge >= 0.3 is 6.18 Å². The zero-order valence-electron chi connectivity index (χ0n) is 22.8. The van der Waals surface area contributed by atoms with Crippen LogP contribution in [0.15, 0.2) is 71.6 Å². The molecule has 0 aliphatic heterocycles. The van der Waals surface area contributed by atoms with E-state index in [4.69, 9.17) is 27.3 Å². The van der Waals surface area contributed by atoms with E-state index >= 15 is 0 Å². The van der Waals surface area contributed by atoms with Crippen LogP contribution in [0.2, 0.25) is 5.02 Å². The molecule has 2 N–H and O–H groups in total. The number of benzene rings is 3. The fourth-order valence-electron chi connectivity index (χ4n) is 4.88. The summed E-state index contributed by atoms with van der Waals surface area (Å²) >= 11 is 5.81. The van der Waals surface area contributed by atoms with Gasteiger partial charge in [-0.25, -0.2) is 12.8 Å². The summed E-state index contributed by atoms with van der Waals surface area (Å²) in [7, 11) is 9.25.